The van der Waals surface area contributed by atoms with Gasteiger partial charge in [0.15, 0.2) is 0 Å². The van der Waals surface area contributed by atoms with E-state index in [-0.39, 0.29) is 11.3 Å². The van der Waals surface area contributed by atoms with E-state index in [1.807, 2.05) is 0 Å². The lowest BCUT2D eigenvalue weighted by molar-refractivity contribution is -0.385. The Labute approximate surface area is 188 Å². The number of phenols is 1. The third-order valence-corrected chi connectivity index (χ3v) is 5.63. The summed E-state index contributed by atoms with van der Waals surface area (Å²) in [5, 5.41) is 22.8. The van der Waals surface area contributed by atoms with E-state index < -0.39 is 43.0 Å². The van der Waals surface area contributed by atoms with Gasteiger partial charge >= 0.3 is 0 Å². The van der Waals surface area contributed by atoms with E-state index >= 15 is 0 Å². The topological polar surface area (TPSA) is 156 Å². The van der Waals surface area contributed by atoms with Crippen molar-refractivity contribution < 1.29 is 28.0 Å². The van der Waals surface area contributed by atoms with Gasteiger partial charge in [-0.1, -0.05) is 36.4 Å². The van der Waals surface area contributed by atoms with Crippen molar-refractivity contribution >= 4 is 33.6 Å². The third kappa shape index (κ3) is 6.02. The number of aromatic hydroxyl groups is 1. The van der Waals surface area contributed by atoms with Gasteiger partial charge in [-0.15, -0.1) is 0 Å². The highest BCUT2D eigenvalue weighted by Crippen LogP contribution is 2.18. The molecule has 0 atom stereocenters. The molecular weight excluding hydrogens is 450 g/mol. The maximum atomic E-state index is 12.8. The number of carbonyl (C=O) groups excluding carboxylic acids is 2. The van der Waals surface area contributed by atoms with Crippen LogP contribution in [0.1, 0.15) is 15.9 Å². The van der Waals surface area contributed by atoms with Gasteiger partial charge in [-0.2, -0.15) is 0 Å². The number of nitro groups is 1. The molecule has 168 valence electrons. The molecule has 0 fully saturated rings. The summed E-state index contributed by atoms with van der Waals surface area (Å²) >= 11 is 0. The van der Waals surface area contributed by atoms with Crippen LogP contribution in [0.5, 0.6) is 5.75 Å². The van der Waals surface area contributed by atoms with Gasteiger partial charge < -0.3 is 10.4 Å². The number of nitro benzene ring substituents is 1. The number of benzene rings is 3. The highest BCUT2D eigenvalue weighted by molar-refractivity contribution is 7.90. The number of non-ortho nitro benzene ring substituents is 1. The molecule has 3 aromatic rings. The third-order valence-electron chi connectivity index (χ3n) is 4.30. The first-order valence-electron chi connectivity index (χ1n) is 9.34. The first-order valence-corrected chi connectivity index (χ1v) is 10.8. The molecule has 0 spiro atoms. The average molecular weight is 467 g/mol. The fourth-order valence-corrected chi connectivity index (χ4v) is 3.69. The van der Waals surface area contributed by atoms with Crippen LogP contribution in [-0.4, -0.2) is 30.3 Å². The fraction of sp³-hybridized carbons (Fsp3) is 0. The Balaban J connectivity index is 1.93. The minimum Gasteiger partial charge on any atom is -0.508 e. The number of hydrogen-bond donors (Lipinski definition) is 3. The van der Waals surface area contributed by atoms with Crippen molar-refractivity contribution in [3.8, 4) is 5.75 Å². The summed E-state index contributed by atoms with van der Waals surface area (Å²) in [6.07, 6.45) is 1.22. The molecule has 10 nitrogen and oxygen atoms in total. The summed E-state index contributed by atoms with van der Waals surface area (Å²) < 4.78 is 27.1. The molecule has 11 heteroatoms. The van der Waals surface area contributed by atoms with Crippen LogP contribution in [0.15, 0.2) is 89.5 Å². The van der Waals surface area contributed by atoms with Crippen molar-refractivity contribution in [1.29, 1.82) is 0 Å². The molecule has 3 rings (SSSR count). The van der Waals surface area contributed by atoms with Crippen LogP contribution < -0.4 is 10.0 Å². The second kappa shape index (κ2) is 9.75. The largest absolute Gasteiger partial charge is 0.508 e. The van der Waals surface area contributed by atoms with Crippen molar-refractivity contribution in [3.63, 3.8) is 0 Å². The predicted octanol–water partition coefficient (Wildman–Crippen LogP) is 2.58. The summed E-state index contributed by atoms with van der Waals surface area (Å²) in [6, 6.07) is 17.7. The zero-order valence-electron chi connectivity index (χ0n) is 16.8. The molecule has 0 saturated heterocycles. The van der Waals surface area contributed by atoms with Gasteiger partial charge in [0.2, 0.25) is 0 Å². The van der Waals surface area contributed by atoms with Gasteiger partial charge in [0.25, 0.3) is 27.5 Å². The Kier molecular flexibility index (Phi) is 6.84. The Hall–Kier alpha value is -4.51. The van der Waals surface area contributed by atoms with Crippen LogP contribution in [0.3, 0.4) is 0 Å². The number of nitrogens with zero attached hydrogens (tertiary/aromatic N) is 1. The lowest BCUT2D eigenvalue weighted by atomic mass is 10.1. The van der Waals surface area contributed by atoms with E-state index in [0.29, 0.717) is 5.56 Å². The zero-order valence-corrected chi connectivity index (χ0v) is 17.7. The Bertz CT molecular complexity index is 1340. The van der Waals surface area contributed by atoms with Crippen molar-refractivity contribution in [2.24, 2.45) is 0 Å². The average Bonchev–Trinajstić information content (AvgIpc) is 2.80. The van der Waals surface area contributed by atoms with Gasteiger partial charge in [-0.3, -0.25) is 19.7 Å². The summed E-state index contributed by atoms with van der Waals surface area (Å²) in [5.41, 5.74) is -0.256. The molecule has 2 amide bonds. The lowest BCUT2D eigenvalue weighted by Gasteiger charge is -2.12. The number of sulfonamides is 1. The van der Waals surface area contributed by atoms with Gasteiger partial charge in [-0.05, 0) is 42.0 Å². The zero-order chi connectivity index (χ0) is 24.0. The maximum absolute atomic E-state index is 12.8. The number of phenolic OH excluding ortho intramolecular Hbond substituents is 1. The molecule has 0 aliphatic carbocycles. The molecule has 0 aliphatic rings. The molecule has 0 saturated carbocycles. The molecule has 0 bridgehead atoms. The maximum Gasteiger partial charge on any atom is 0.281 e. The van der Waals surface area contributed by atoms with Crippen LogP contribution in [0.2, 0.25) is 0 Å². The molecular formula is C22H17N3O7S. The summed E-state index contributed by atoms with van der Waals surface area (Å²) in [7, 11) is -4.50. The lowest BCUT2D eigenvalue weighted by Crippen LogP contribution is -2.38. The van der Waals surface area contributed by atoms with Crippen molar-refractivity contribution in [2.75, 3.05) is 0 Å². The van der Waals surface area contributed by atoms with Crippen LogP contribution >= 0.6 is 0 Å². The molecule has 0 aromatic heterocycles. The standard InChI is InChI=1S/C22H17N3O7S/c26-18-11-9-15(10-12-18)13-20(23-21(27)16-5-2-1-3-6-16)22(28)24-33(31,32)19-8-4-7-17(14-19)25(29)30/h1-14,26H,(H,23,27)(H,24,28)/b20-13+. The Morgan fingerprint density at radius 1 is 0.939 bits per heavy atom. The van der Waals surface area contributed by atoms with Crippen molar-refractivity contribution in [2.45, 2.75) is 4.90 Å². The fourth-order valence-electron chi connectivity index (χ4n) is 2.68. The second-order valence-corrected chi connectivity index (χ2v) is 8.34. The van der Waals surface area contributed by atoms with E-state index in [0.717, 1.165) is 18.2 Å². The number of hydrogen-bond acceptors (Lipinski definition) is 7. The van der Waals surface area contributed by atoms with Gasteiger partial charge in [0.05, 0.1) is 9.82 Å². The number of rotatable bonds is 7. The monoisotopic (exact) mass is 467 g/mol. The minimum absolute atomic E-state index is 0.0280. The van der Waals surface area contributed by atoms with Crippen molar-refractivity contribution in [1.82, 2.24) is 10.0 Å². The highest BCUT2D eigenvalue weighted by Gasteiger charge is 2.23. The van der Waals surface area contributed by atoms with E-state index in [4.69, 9.17) is 0 Å². The smallest absolute Gasteiger partial charge is 0.281 e. The summed E-state index contributed by atoms with van der Waals surface area (Å²) in [6.45, 7) is 0. The number of amides is 2. The molecule has 33 heavy (non-hydrogen) atoms. The summed E-state index contributed by atoms with van der Waals surface area (Å²) in [4.78, 5) is 35.1. The van der Waals surface area contributed by atoms with Gasteiger partial charge in [0.1, 0.15) is 11.4 Å². The van der Waals surface area contributed by atoms with E-state index in [1.165, 1.54) is 48.5 Å². The minimum atomic E-state index is -4.50. The van der Waals surface area contributed by atoms with E-state index in [2.05, 4.69) is 5.32 Å². The highest BCUT2D eigenvalue weighted by atomic mass is 32.2. The van der Waals surface area contributed by atoms with Crippen LogP contribution in [0.25, 0.3) is 6.08 Å². The SMILES string of the molecule is O=C(NS(=O)(=O)c1cccc([N+](=O)[O-])c1)/C(=C\c1ccc(O)cc1)NC(=O)c1ccccc1. The Morgan fingerprint density at radius 2 is 1.61 bits per heavy atom. The number of nitrogens with one attached hydrogen (secondary N) is 2. The van der Waals surface area contributed by atoms with E-state index in [1.54, 1.807) is 22.9 Å². The van der Waals surface area contributed by atoms with Gasteiger partial charge in [-0.25, -0.2) is 13.1 Å². The molecule has 3 aromatic carbocycles. The Morgan fingerprint density at radius 3 is 2.24 bits per heavy atom. The van der Waals surface area contributed by atoms with Crippen LogP contribution in [-0.2, 0) is 14.8 Å². The predicted molar refractivity (Wildman–Crippen MR) is 118 cm³/mol. The first-order chi connectivity index (χ1) is 15.7. The first kappa shape index (κ1) is 23.2. The van der Waals surface area contributed by atoms with Crippen LogP contribution in [0.4, 0.5) is 5.69 Å². The van der Waals surface area contributed by atoms with Crippen LogP contribution in [0, 0.1) is 10.1 Å². The second-order valence-electron chi connectivity index (χ2n) is 6.66. The quantitative estimate of drug-likeness (QED) is 0.274. The normalized spacial score (nSPS) is 11.5. The molecule has 0 aliphatic heterocycles. The number of carbonyl (C=O) groups is 2. The molecule has 0 radical (unpaired) electrons. The molecule has 0 unspecified atom stereocenters. The van der Waals surface area contributed by atoms with Crippen molar-refractivity contribution in [3.05, 3.63) is 106 Å². The molecule has 3 N–H and O–H groups in total. The molecule has 0 heterocycles. The van der Waals surface area contributed by atoms with E-state index in [9.17, 15) is 33.2 Å². The summed E-state index contributed by atoms with van der Waals surface area (Å²) in [5.74, 6) is -1.86. The van der Waals surface area contributed by atoms with Gasteiger partial charge in [0, 0.05) is 17.7 Å².